The van der Waals surface area contributed by atoms with Gasteiger partial charge in [0.15, 0.2) is 22.5 Å². The Hall–Kier alpha value is -1.78. The maximum Gasteiger partial charge on any atom is 0.241 e. The maximum atomic E-state index is 12.7. The van der Waals surface area contributed by atoms with E-state index in [9.17, 15) is 8.42 Å². The van der Waals surface area contributed by atoms with Gasteiger partial charge in [-0.3, -0.25) is 0 Å². The molecule has 0 unspecified atom stereocenters. The quantitative estimate of drug-likeness (QED) is 0.693. The lowest BCUT2D eigenvalue weighted by Gasteiger charge is -2.15. The van der Waals surface area contributed by atoms with Gasteiger partial charge in [0.2, 0.25) is 10.0 Å². The molecule has 0 amide bonds. The summed E-state index contributed by atoms with van der Waals surface area (Å²) in [4.78, 5) is 0.0855. The Morgan fingerprint density at radius 1 is 1.24 bits per heavy atom. The Labute approximate surface area is 152 Å². The van der Waals surface area contributed by atoms with Crippen LogP contribution >= 0.6 is 11.8 Å². The van der Waals surface area contributed by atoms with Gasteiger partial charge in [-0.15, -0.1) is 10.2 Å². The fourth-order valence-electron chi connectivity index (χ4n) is 2.30. The van der Waals surface area contributed by atoms with Gasteiger partial charge in [0.25, 0.3) is 0 Å². The molecule has 8 nitrogen and oxygen atoms in total. The number of ether oxygens (including phenoxy) is 2. The van der Waals surface area contributed by atoms with Gasteiger partial charge in [-0.05, 0) is 24.8 Å². The molecule has 138 valence electrons. The highest BCUT2D eigenvalue weighted by Crippen LogP contribution is 2.30. The predicted octanol–water partition coefficient (Wildman–Crippen LogP) is 1.98. The first-order valence-electron chi connectivity index (χ1n) is 7.60. The van der Waals surface area contributed by atoms with Crippen LogP contribution in [-0.2, 0) is 17.1 Å². The van der Waals surface area contributed by atoms with Crippen LogP contribution in [0.4, 0.5) is 0 Å². The van der Waals surface area contributed by atoms with Gasteiger partial charge in [0.05, 0.1) is 25.2 Å². The zero-order valence-electron chi connectivity index (χ0n) is 14.8. The normalized spacial score (nSPS) is 12.8. The van der Waals surface area contributed by atoms with E-state index in [-0.39, 0.29) is 4.90 Å². The molecule has 0 bridgehead atoms. The van der Waals surface area contributed by atoms with Crippen molar-refractivity contribution in [3.05, 3.63) is 24.0 Å². The zero-order valence-corrected chi connectivity index (χ0v) is 16.4. The number of benzene rings is 1. The minimum Gasteiger partial charge on any atom is -0.493 e. The second-order valence-corrected chi connectivity index (χ2v) is 8.14. The molecule has 0 aliphatic rings. The summed E-state index contributed by atoms with van der Waals surface area (Å²) in [6.45, 7) is 3.74. The summed E-state index contributed by atoms with van der Waals surface area (Å²) >= 11 is 1.55. The molecule has 1 atom stereocenters. The van der Waals surface area contributed by atoms with Crippen LogP contribution in [0.15, 0.2) is 28.3 Å². The first-order valence-corrected chi connectivity index (χ1v) is 10.1. The van der Waals surface area contributed by atoms with Crippen LogP contribution in [0.2, 0.25) is 0 Å². The van der Waals surface area contributed by atoms with Gasteiger partial charge in [-0.25, -0.2) is 13.1 Å². The smallest absolute Gasteiger partial charge is 0.241 e. The summed E-state index contributed by atoms with van der Waals surface area (Å²) in [6.07, 6.45) is 0. The van der Waals surface area contributed by atoms with Gasteiger partial charge < -0.3 is 14.0 Å². The SMILES string of the molecule is CCSc1nnc([C@@H](C)NS(=O)(=O)c2ccc(OC)c(OC)c2)n1C. The summed E-state index contributed by atoms with van der Waals surface area (Å²) in [5.41, 5.74) is 0. The Morgan fingerprint density at radius 2 is 1.92 bits per heavy atom. The third-order valence-electron chi connectivity index (χ3n) is 3.53. The van der Waals surface area contributed by atoms with E-state index in [1.807, 2.05) is 14.0 Å². The van der Waals surface area contributed by atoms with Crippen molar-refractivity contribution in [2.45, 2.75) is 29.9 Å². The summed E-state index contributed by atoms with van der Waals surface area (Å²) in [6, 6.07) is 3.90. The van der Waals surface area contributed by atoms with Crippen molar-refractivity contribution < 1.29 is 17.9 Å². The molecule has 2 aromatic rings. The van der Waals surface area contributed by atoms with Crippen LogP contribution in [0.1, 0.15) is 25.7 Å². The van der Waals surface area contributed by atoms with Crippen molar-refractivity contribution in [2.24, 2.45) is 7.05 Å². The third-order valence-corrected chi connectivity index (χ3v) is 5.97. The number of hydrogen-bond acceptors (Lipinski definition) is 7. The molecule has 0 spiro atoms. The molecular weight excluding hydrogens is 364 g/mol. The number of rotatable bonds is 8. The van der Waals surface area contributed by atoms with E-state index in [1.54, 1.807) is 29.3 Å². The highest BCUT2D eigenvalue weighted by atomic mass is 32.2. The molecule has 0 saturated heterocycles. The van der Waals surface area contributed by atoms with Crippen molar-refractivity contribution in [3.63, 3.8) is 0 Å². The largest absolute Gasteiger partial charge is 0.493 e. The molecule has 0 radical (unpaired) electrons. The highest BCUT2D eigenvalue weighted by Gasteiger charge is 2.23. The summed E-state index contributed by atoms with van der Waals surface area (Å²) in [7, 11) is 1.00. The van der Waals surface area contributed by atoms with Crippen molar-refractivity contribution >= 4 is 21.8 Å². The summed E-state index contributed by atoms with van der Waals surface area (Å²) in [5.74, 6) is 2.21. The van der Waals surface area contributed by atoms with E-state index in [4.69, 9.17) is 9.47 Å². The van der Waals surface area contributed by atoms with Crippen LogP contribution in [0.3, 0.4) is 0 Å². The van der Waals surface area contributed by atoms with Crippen LogP contribution < -0.4 is 14.2 Å². The maximum absolute atomic E-state index is 12.7. The number of nitrogens with zero attached hydrogens (tertiary/aromatic N) is 3. The molecule has 0 aliphatic heterocycles. The molecule has 1 N–H and O–H groups in total. The molecule has 10 heteroatoms. The first kappa shape index (κ1) is 19.5. The second kappa shape index (κ2) is 8.07. The minimum absolute atomic E-state index is 0.0855. The first-order chi connectivity index (χ1) is 11.8. The summed E-state index contributed by atoms with van der Waals surface area (Å²) < 4.78 is 40.0. The van der Waals surface area contributed by atoms with Crippen LogP contribution in [-0.4, -0.2) is 43.2 Å². The fraction of sp³-hybridized carbons (Fsp3) is 0.467. The van der Waals surface area contributed by atoms with E-state index >= 15 is 0 Å². The molecular formula is C15H22N4O4S2. The molecule has 1 aromatic heterocycles. The molecule has 0 aliphatic carbocycles. The topological polar surface area (TPSA) is 95.3 Å². The van der Waals surface area contributed by atoms with Crippen molar-refractivity contribution in [2.75, 3.05) is 20.0 Å². The average molecular weight is 386 g/mol. The lowest BCUT2D eigenvalue weighted by atomic mass is 10.3. The molecule has 25 heavy (non-hydrogen) atoms. The molecule has 1 aromatic carbocycles. The van der Waals surface area contributed by atoms with Crippen molar-refractivity contribution in [1.29, 1.82) is 0 Å². The molecule has 0 fully saturated rings. The van der Waals surface area contributed by atoms with Crippen molar-refractivity contribution in [1.82, 2.24) is 19.5 Å². The Morgan fingerprint density at radius 3 is 2.52 bits per heavy atom. The average Bonchev–Trinajstić information content (AvgIpc) is 2.95. The minimum atomic E-state index is -3.76. The predicted molar refractivity (Wildman–Crippen MR) is 95.7 cm³/mol. The third kappa shape index (κ3) is 4.25. The Balaban J connectivity index is 2.26. The molecule has 1 heterocycles. The van der Waals surface area contributed by atoms with Crippen LogP contribution in [0.5, 0.6) is 11.5 Å². The number of methoxy groups -OCH3 is 2. The van der Waals surface area contributed by atoms with E-state index in [0.29, 0.717) is 17.3 Å². The van der Waals surface area contributed by atoms with Crippen molar-refractivity contribution in [3.8, 4) is 11.5 Å². The zero-order chi connectivity index (χ0) is 18.6. The number of hydrogen-bond donors (Lipinski definition) is 1. The van der Waals surface area contributed by atoms with Crippen LogP contribution in [0.25, 0.3) is 0 Å². The Kier molecular flexibility index (Phi) is 6.31. The van der Waals surface area contributed by atoms with E-state index < -0.39 is 16.1 Å². The standard InChI is InChI=1S/C15H22N4O4S2/c1-6-24-15-17-16-14(19(15)3)10(2)18-25(20,21)11-7-8-12(22-4)13(9-11)23-5/h7-10,18H,6H2,1-5H3/t10-/m1/s1. The fourth-order valence-corrected chi connectivity index (χ4v) is 4.16. The highest BCUT2D eigenvalue weighted by molar-refractivity contribution is 7.99. The van der Waals surface area contributed by atoms with Gasteiger partial charge in [0, 0.05) is 13.1 Å². The van der Waals surface area contributed by atoms with E-state index in [2.05, 4.69) is 14.9 Å². The molecule has 0 saturated carbocycles. The summed E-state index contributed by atoms with van der Waals surface area (Å²) in [5, 5.41) is 8.92. The molecule has 2 rings (SSSR count). The lowest BCUT2D eigenvalue weighted by molar-refractivity contribution is 0.354. The van der Waals surface area contributed by atoms with E-state index in [0.717, 1.165) is 10.9 Å². The Bertz CT molecular complexity index is 836. The van der Waals surface area contributed by atoms with Gasteiger partial charge >= 0.3 is 0 Å². The van der Waals surface area contributed by atoms with E-state index in [1.165, 1.54) is 26.4 Å². The second-order valence-electron chi connectivity index (χ2n) is 5.19. The van der Waals surface area contributed by atoms with Gasteiger partial charge in [-0.1, -0.05) is 18.7 Å². The lowest BCUT2D eigenvalue weighted by Crippen LogP contribution is -2.28. The van der Waals surface area contributed by atoms with Gasteiger partial charge in [-0.2, -0.15) is 0 Å². The van der Waals surface area contributed by atoms with Crippen LogP contribution in [0, 0.1) is 0 Å². The number of aromatic nitrogens is 3. The number of sulfonamides is 1. The monoisotopic (exact) mass is 386 g/mol. The van der Waals surface area contributed by atoms with Gasteiger partial charge in [0.1, 0.15) is 0 Å². The number of thioether (sulfide) groups is 1. The number of nitrogens with one attached hydrogen (secondary N) is 1.